The first-order valence-corrected chi connectivity index (χ1v) is 9.76. The quantitative estimate of drug-likeness (QED) is 0.400. The van der Waals surface area contributed by atoms with E-state index in [0.717, 1.165) is 16.7 Å². The highest BCUT2D eigenvalue weighted by Gasteiger charge is 2.45. The Bertz CT molecular complexity index is 838. The summed E-state index contributed by atoms with van der Waals surface area (Å²) < 4.78 is 0. The summed E-state index contributed by atoms with van der Waals surface area (Å²) in [6.45, 7) is 0. The van der Waals surface area contributed by atoms with Crippen molar-refractivity contribution < 1.29 is 24.0 Å². The van der Waals surface area contributed by atoms with Crippen LogP contribution in [0.1, 0.15) is 52.8 Å². The number of fused-ring (bicyclic) bond motifs is 1. The highest BCUT2D eigenvalue weighted by Crippen LogP contribution is 2.32. The lowest BCUT2D eigenvalue weighted by Gasteiger charge is -2.27. The number of imide groups is 2. The number of nitrogens with one attached hydrogen (secondary N) is 2. The van der Waals surface area contributed by atoms with Crippen molar-refractivity contribution in [1.82, 2.24) is 10.2 Å². The minimum Gasteiger partial charge on any atom is -0.325 e. The molecule has 5 amide bonds. The van der Waals surface area contributed by atoms with Gasteiger partial charge in [-0.15, -0.1) is 0 Å². The van der Waals surface area contributed by atoms with E-state index >= 15 is 0 Å². The number of unbranched alkanes of at least 4 members (excludes halogenated alkanes) is 1. The summed E-state index contributed by atoms with van der Waals surface area (Å²) in [6.07, 6.45) is 1.99. The van der Waals surface area contributed by atoms with E-state index in [9.17, 15) is 24.0 Å². The van der Waals surface area contributed by atoms with Crippen LogP contribution in [0.15, 0.2) is 18.2 Å². The van der Waals surface area contributed by atoms with Gasteiger partial charge in [0.1, 0.15) is 6.04 Å². The average molecular weight is 436 g/mol. The number of hydrogen-bond donors (Lipinski definition) is 2. The fraction of sp³-hybridized carbons (Fsp3) is 0.389. The summed E-state index contributed by atoms with van der Waals surface area (Å²) in [5, 5.41) is 5.64. The van der Waals surface area contributed by atoms with Crippen LogP contribution in [0.3, 0.4) is 0 Å². The second-order valence-electron chi connectivity index (χ2n) is 6.37. The zero-order valence-corrected chi connectivity index (χ0v) is 16.0. The van der Waals surface area contributed by atoms with Crippen molar-refractivity contribution in [2.75, 3.05) is 10.6 Å². The molecule has 8 nitrogen and oxygen atoms in total. The van der Waals surface area contributed by atoms with E-state index in [1.807, 2.05) is 0 Å². The molecule has 0 aliphatic carbocycles. The van der Waals surface area contributed by atoms with Crippen LogP contribution in [-0.2, 0) is 14.4 Å². The molecule has 1 saturated heterocycles. The van der Waals surface area contributed by atoms with Gasteiger partial charge in [0.15, 0.2) is 0 Å². The van der Waals surface area contributed by atoms with E-state index < -0.39 is 29.7 Å². The van der Waals surface area contributed by atoms with Crippen molar-refractivity contribution in [2.24, 2.45) is 0 Å². The monoisotopic (exact) mass is 435 g/mol. The third kappa shape index (κ3) is 3.78. The molecule has 1 unspecified atom stereocenters. The van der Waals surface area contributed by atoms with E-state index in [4.69, 9.17) is 0 Å². The molecule has 1 atom stereocenters. The van der Waals surface area contributed by atoms with Crippen LogP contribution in [0, 0.1) is 0 Å². The molecule has 1 fully saturated rings. The summed E-state index contributed by atoms with van der Waals surface area (Å²) in [5.41, 5.74) is 0.480. The number of carbonyl (C=O) groups is 5. The molecular formula is C18H18BrN3O5. The van der Waals surface area contributed by atoms with Gasteiger partial charge < -0.3 is 5.32 Å². The first kappa shape index (κ1) is 19.2. The minimum absolute atomic E-state index is 0.0565. The Labute approximate surface area is 163 Å². The maximum atomic E-state index is 12.9. The number of benzene rings is 1. The third-order valence-corrected chi connectivity index (χ3v) is 5.09. The van der Waals surface area contributed by atoms with Crippen LogP contribution >= 0.6 is 15.9 Å². The second kappa shape index (κ2) is 7.99. The number of hydrogen-bond acceptors (Lipinski definition) is 5. The summed E-state index contributed by atoms with van der Waals surface area (Å²) >= 11 is 3.30. The first-order valence-electron chi connectivity index (χ1n) is 8.64. The standard InChI is InChI=1S/C18H18BrN3O5/c19-9-2-1-6-13(23)20-11-5-3-4-10-15(11)18(27)22(17(10)26)12-7-8-14(24)21-16(12)25/h3-5,12H,1-2,6-9H2,(H,20,23)(H,21,24,25). The predicted molar refractivity (Wildman–Crippen MR) is 99.4 cm³/mol. The Morgan fingerprint density at radius 3 is 2.67 bits per heavy atom. The highest BCUT2D eigenvalue weighted by molar-refractivity contribution is 9.09. The molecule has 0 aromatic heterocycles. The lowest BCUT2D eigenvalue weighted by atomic mass is 10.0. The van der Waals surface area contributed by atoms with Crippen molar-refractivity contribution in [3.63, 3.8) is 0 Å². The summed E-state index contributed by atoms with van der Waals surface area (Å²) in [5.74, 6) is -2.57. The molecule has 2 heterocycles. The number of anilines is 1. The molecule has 9 heteroatoms. The maximum Gasteiger partial charge on any atom is 0.264 e. The average Bonchev–Trinajstić information content (AvgIpc) is 2.88. The van der Waals surface area contributed by atoms with Crippen molar-refractivity contribution in [3.8, 4) is 0 Å². The normalized spacial score (nSPS) is 19.1. The van der Waals surface area contributed by atoms with Crippen LogP contribution in [0.25, 0.3) is 0 Å². The van der Waals surface area contributed by atoms with Crippen LogP contribution in [0.4, 0.5) is 5.69 Å². The van der Waals surface area contributed by atoms with Gasteiger partial charge >= 0.3 is 0 Å². The van der Waals surface area contributed by atoms with Crippen LogP contribution < -0.4 is 10.6 Å². The van der Waals surface area contributed by atoms with Crippen molar-refractivity contribution in [3.05, 3.63) is 29.3 Å². The molecule has 0 bridgehead atoms. The van der Waals surface area contributed by atoms with Gasteiger partial charge in [-0.2, -0.15) is 0 Å². The molecule has 2 N–H and O–H groups in total. The predicted octanol–water partition coefficient (Wildman–Crippen LogP) is 1.59. The zero-order chi connectivity index (χ0) is 19.6. The maximum absolute atomic E-state index is 12.9. The van der Waals surface area contributed by atoms with E-state index in [2.05, 4.69) is 26.6 Å². The largest absolute Gasteiger partial charge is 0.325 e. The number of rotatable bonds is 6. The van der Waals surface area contributed by atoms with Gasteiger partial charge in [-0.05, 0) is 31.4 Å². The Hall–Kier alpha value is -2.55. The molecule has 27 heavy (non-hydrogen) atoms. The lowest BCUT2D eigenvalue weighted by molar-refractivity contribution is -0.136. The number of amides is 5. The van der Waals surface area contributed by atoms with Gasteiger partial charge in [-0.25, -0.2) is 0 Å². The van der Waals surface area contributed by atoms with E-state index in [-0.39, 0.29) is 35.6 Å². The number of alkyl halides is 1. The van der Waals surface area contributed by atoms with E-state index in [0.29, 0.717) is 12.8 Å². The Kier molecular flexibility index (Phi) is 5.69. The lowest BCUT2D eigenvalue weighted by Crippen LogP contribution is -2.54. The summed E-state index contributed by atoms with van der Waals surface area (Å²) in [4.78, 5) is 62.0. The van der Waals surface area contributed by atoms with Gasteiger partial charge in [-0.3, -0.25) is 34.2 Å². The smallest absolute Gasteiger partial charge is 0.264 e. The molecule has 142 valence electrons. The molecule has 3 rings (SSSR count). The van der Waals surface area contributed by atoms with Crippen molar-refractivity contribution in [2.45, 2.75) is 38.1 Å². The molecule has 0 spiro atoms. The Morgan fingerprint density at radius 2 is 1.96 bits per heavy atom. The van der Waals surface area contributed by atoms with Gasteiger partial charge in [-0.1, -0.05) is 22.0 Å². The van der Waals surface area contributed by atoms with Gasteiger partial charge in [0.2, 0.25) is 17.7 Å². The van der Waals surface area contributed by atoms with Crippen LogP contribution in [0.5, 0.6) is 0 Å². The molecule has 0 saturated carbocycles. The third-order valence-electron chi connectivity index (χ3n) is 4.53. The zero-order valence-electron chi connectivity index (χ0n) is 14.4. The van der Waals surface area contributed by atoms with Gasteiger partial charge in [0, 0.05) is 18.2 Å². The highest BCUT2D eigenvalue weighted by atomic mass is 79.9. The number of carbonyl (C=O) groups excluding carboxylic acids is 5. The topological polar surface area (TPSA) is 113 Å². The minimum atomic E-state index is -1.03. The van der Waals surface area contributed by atoms with Gasteiger partial charge in [0.25, 0.3) is 11.8 Å². The SMILES string of the molecule is O=C1CCC(N2C(=O)c3cccc(NC(=O)CCCCBr)c3C2=O)C(=O)N1. The van der Waals surface area contributed by atoms with Crippen molar-refractivity contribution in [1.29, 1.82) is 0 Å². The molecule has 2 aliphatic rings. The van der Waals surface area contributed by atoms with Crippen LogP contribution in [0.2, 0.25) is 0 Å². The van der Waals surface area contributed by atoms with Crippen LogP contribution in [-0.4, -0.2) is 45.8 Å². The number of nitrogens with zero attached hydrogens (tertiary/aromatic N) is 1. The fourth-order valence-corrected chi connectivity index (χ4v) is 3.61. The molecule has 1 aromatic rings. The summed E-state index contributed by atoms with van der Waals surface area (Å²) in [6, 6.07) is 3.59. The Morgan fingerprint density at radius 1 is 1.19 bits per heavy atom. The van der Waals surface area contributed by atoms with E-state index in [1.165, 1.54) is 6.07 Å². The van der Waals surface area contributed by atoms with Gasteiger partial charge in [0.05, 0.1) is 16.8 Å². The second-order valence-corrected chi connectivity index (χ2v) is 7.16. The summed E-state index contributed by atoms with van der Waals surface area (Å²) in [7, 11) is 0. The first-order chi connectivity index (χ1) is 12.9. The molecular weight excluding hydrogens is 418 g/mol. The molecule has 2 aliphatic heterocycles. The number of piperidine rings is 1. The van der Waals surface area contributed by atoms with Crippen molar-refractivity contribution >= 4 is 51.2 Å². The fourth-order valence-electron chi connectivity index (χ4n) is 3.21. The number of halogens is 1. The Balaban J connectivity index is 1.83. The van der Waals surface area contributed by atoms with E-state index in [1.54, 1.807) is 12.1 Å². The molecule has 1 aromatic carbocycles. The molecule has 0 radical (unpaired) electrons.